The van der Waals surface area contributed by atoms with Gasteiger partial charge in [0.25, 0.3) is 0 Å². The molecule has 0 heterocycles. The van der Waals surface area contributed by atoms with E-state index in [0.29, 0.717) is 47.0 Å². The standard InChI is InChI=1S/C27H29FN2O5/c1-33-24-12-7-20(26(14-24)34-2)15-30-16-22(31)17-35-23-10-5-19(6-11-23)25(27(29)32)13-18-3-8-21(28)9-4-18/h3-14,22,30-31H,15-17H2,1-2H3,(H2,29,32)/b25-13+. The molecule has 0 radical (unpaired) electrons. The molecule has 0 aliphatic rings. The summed E-state index contributed by atoms with van der Waals surface area (Å²) in [5, 5.41) is 13.4. The SMILES string of the molecule is COc1ccc(CNCC(O)COc2ccc(/C(=C\c3ccc(F)cc3)C(N)=O)cc2)c(OC)c1. The maximum atomic E-state index is 13.1. The number of ether oxygens (including phenoxy) is 3. The Labute approximate surface area is 203 Å². The van der Waals surface area contributed by atoms with Gasteiger partial charge in [0, 0.05) is 30.3 Å². The van der Waals surface area contributed by atoms with Gasteiger partial charge in [0.1, 0.15) is 35.8 Å². The average molecular weight is 481 g/mol. The van der Waals surface area contributed by atoms with Crippen LogP contribution in [-0.4, -0.2) is 44.5 Å². The number of methoxy groups -OCH3 is 2. The number of rotatable bonds is 12. The maximum Gasteiger partial charge on any atom is 0.249 e. The van der Waals surface area contributed by atoms with Gasteiger partial charge in [0.2, 0.25) is 5.91 Å². The van der Waals surface area contributed by atoms with Crippen LogP contribution in [0.5, 0.6) is 17.2 Å². The first-order chi connectivity index (χ1) is 16.9. The summed E-state index contributed by atoms with van der Waals surface area (Å²) in [6.07, 6.45) is 0.865. The number of aliphatic hydroxyl groups is 1. The molecule has 8 heteroatoms. The zero-order valence-electron chi connectivity index (χ0n) is 19.7. The molecule has 4 N–H and O–H groups in total. The highest BCUT2D eigenvalue weighted by atomic mass is 19.1. The van der Waals surface area contributed by atoms with Crippen molar-refractivity contribution in [2.45, 2.75) is 12.6 Å². The largest absolute Gasteiger partial charge is 0.497 e. The normalized spacial score (nSPS) is 12.2. The van der Waals surface area contributed by atoms with Gasteiger partial charge in [-0.2, -0.15) is 0 Å². The van der Waals surface area contributed by atoms with Gasteiger partial charge in [0.05, 0.1) is 14.2 Å². The summed E-state index contributed by atoms with van der Waals surface area (Å²) in [7, 11) is 3.19. The molecule has 1 atom stereocenters. The Hall–Kier alpha value is -3.88. The van der Waals surface area contributed by atoms with Gasteiger partial charge in [-0.15, -0.1) is 0 Å². The number of primary amides is 1. The fraction of sp³-hybridized carbons (Fsp3) is 0.222. The van der Waals surface area contributed by atoms with Crippen molar-refractivity contribution >= 4 is 17.6 Å². The lowest BCUT2D eigenvalue weighted by molar-refractivity contribution is -0.112. The molecule has 3 aromatic carbocycles. The van der Waals surface area contributed by atoms with E-state index in [4.69, 9.17) is 19.9 Å². The minimum absolute atomic E-state index is 0.0835. The molecule has 35 heavy (non-hydrogen) atoms. The fourth-order valence-electron chi connectivity index (χ4n) is 3.38. The van der Waals surface area contributed by atoms with E-state index in [2.05, 4.69) is 5.32 Å². The summed E-state index contributed by atoms with van der Waals surface area (Å²) in [5.74, 6) is 0.987. The topological polar surface area (TPSA) is 103 Å². The summed E-state index contributed by atoms with van der Waals surface area (Å²) in [6, 6.07) is 18.1. The molecule has 0 aromatic heterocycles. The Balaban J connectivity index is 1.52. The van der Waals surface area contributed by atoms with E-state index in [1.807, 2.05) is 12.1 Å². The van der Waals surface area contributed by atoms with Crippen LogP contribution in [0.2, 0.25) is 0 Å². The Morgan fingerprint density at radius 3 is 2.34 bits per heavy atom. The Morgan fingerprint density at radius 1 is 1.03 bits per heavy atom. The Morgan fingerprint density at radius 2 is 1.71 bits per heavy atom. The van der Waals surface area contributed by atoms with E-state index in [1.165, 1.54) is 12.1 Å². The van der Waals surface area contributed by atoms with Crippen molar-refractivity contribution in [2.75, 3.05) is 27.4 Å². The van der Waals surface area contributed by atoms with E-state index in [0.717, 1.165) is 5.56 Å². The average Bonchev–Trinajstić information content (AvgIpc) is 2.87. The van der Waals surface area contributed by atoms with Crippen LogP contribution in [0.4, 0.5) is 4.39 Å². The highest BCUT2D eigenvalue weighted by Gasteiger charge is 2.11. The molecule has 184 valence electrons. The van der Waals surface area contributed by atoms with Gasteiger partial charge in [-0.1, -0.05) is 30.3 Å². The summed E-state index contributed by atoms with van der Waals surface area (Å²) in [6.45, 7) is 0.912. The summed E-state index contributed by atoms with van der Waals surface area (Å²) < 4.78 is 29.4. The van der Waals surface area contributed by atoms with Crippen LogP contribution in [0, 0.1) is 5.82 Å². The minimum Gasteiger partial charge on any atom is -0.497 e. The number of hydrogen-bond acceptors (Lipinski definition) is 6. The quantitative estimate of drug-likeness (QED) is 0.271. The minimum atomic E-state index is -0.738. The highest BCUT2D eigenvalue weighted by molar-refractivity contribution is 6.23. The fourth-order valence-corrected chi connectivity index (χ4v) is 3.38. The first-order valence-electron chi connectivity index (χ1n) is 11.0. The van der Waals surface area contributed by atoms with Crippen LogP contribution in [0.1, 0.15) is 16.7 Å². The molecule has 0 aliphatic heterocycles. The predicted molar refractivity (Wildman–Crippen MR) is 133 cm³/mol. The van der Waals surface area contributed by atoms with Crippen LogP contribution in [0.3, 0.4) is 0 Å². The third kappa shape index (κ3) is 7.56. The molecule has 0 bridgehead atoms. The molecule has 3 rings (SSSR count). The summed E-state index contributed by atoms with van der Waals surface area (Å²) >= 11 is 0. The lowest BCUT2D eigenvalue weighted by atomic mass is 10.0. The summed E-state index contributed by atoms with van der Waals surface area (Å²) in [5.41, 5.74) is 8.03. The van der Waals surface area contributed by atoms with Crippen molar-refractivity contribution < 1.29 is 28.5 Å². The van der Waals surface area contributed by atoms with Gasteiger partial charge >= 0.3 is 0 Å². The number of halogens is 1. The maximum absolute atomic E-state index is 13.1. The highest BCUT2D eigenvalue weighted by Crippen LogP contribution is 2.24. The third-order valence-corrected chi connectivity index (χ3v) is 5.24. The zero-order valence-corrected chi connectivity index (χ0v) is 19.7. The number of hydrogen-bond donors (Lipinski definition) is 3. The molecule has 0 saturated heterocycles. The van der Waals surface area contributed by atoms with E-state index in [-0.39, 0.29) is 12.4 Å². The van der Waals surface area contributed by atoms with Crippen molar-refractivity contribution in [3.63, 3.8) is 0 Å². The third-order valence-electron chi connectivity index (χ3n) is 5.24. The Bertz CT molecular complexity index is 1150. The van der Waals surface area contributed by atoms with Crippen LogP contribution in [0.25, 0.3) is 11.6 Å². The number of nitrogens with two attached hydrogens (primary N) is 1. The zero-order chi connectivity index (χ0) is 25.2. The van der Waals surface area contributed by atoms with Crippen molar-refractivity contribution in [1.82, 2.24) is 5.32 Å². The predicted octanol–water partition coefficient (Wildman–Crippen LogP) is 3.40. The second-order valence-corrected chi connectivity index (χ2v) is 7.77. The first-order valence-corrected chi connectivity index (χ1v) is 11.0. The van der Waals surface area contributed by atoms with Crippen molar-refractivity contribution in [3.8, 4) is 17.2 Å². The molecule has 0 spiro atoms. The molecular formula is C27H29FN2O5. The number of aliphatic hydroxyl groups excluding tert-OH is 1. The van der Waals surface area contributed by atoms with Crippen molar-refractivity contribution in [1.29, 1.82) is 0 Å². The monoisotopic (exact) mass is 480 g/mol. The summed E-state index contributed by atoms with van der Waals surface area (Å²) in [4.78, 5) is 11.9. The van der Waals surface area contributed by atoms with Gasteiger partial charge in [-0.05, 0) is 47.5 Å². The molecule has 0 aliphatic carbocycles. The number of carbonyl (C=O) groups excluding carboxylic acids is 1. The number of amides is 1. The van der Waals surface area contributed by atoms with Gasteiger partial charge in [-0.3, -0.25) is 4.79 Å². The van der Waals surface area contributed by atoms with E-state index in [1.54, 1.807) is 62.8 Å². The molecule has 0 fully saturated rings. The van der Waals surface area contributed by atoms with Crippen molar-refractivity contribution in [2.24, 2.45) is 5.73 Å². The van der Waals surface area contributed by atoms with Crippen LogP contribution in [0.15, 0.2) is 66.7 Å². The van der Waals surface area contributed by atoms with E-state index < -0.39 is 12.0 Å². The van der Waals surface area contributed by atoms with Crippen LogP contribution >= 0.6 is 0 Å². The first kappa shape index (κ1) is 25.7. The second kappa shape index (κ2) is 12.5. The van der Waals surface area contributed by atoms with Crippen LogP contribution in [-0.2, 0) is 11.3 Å². The lowest BCUT2D eigenvalue weighted by Gasteiger charge is -2.15. The van der Waals surface area contributed by atoms with Gasteiger partial charge in [0.15, 0.2) is 0 Å². The molecule has 7 nitrogen and oxygen atoms in total. The van der Waals surface area contributed by atoms with Gasteiger partial charge in [-0.25, -0.2) is 4.39 Å². The molecule has 3 aromatic rings. The van der Waals surface area contributed by atoms with Gasteiger partial charge < -0.3 is 30.4 Å². The van der Waals surface area contributed by atoms with Crippen molar-refractivity contribution in [3.05, 3.63) is 89.2 Å². The van der Waals surface area contributed by atoms with Crippen LogP contribution < -0.4 is 25.3 Å². The molecule has 1 unspecified atom stereocenters. The number of carbonyl (C=O) groups is 1. The smallest absolute Gasteiger partial charge is 0.249 e. The molecule has 0 saturated carbocycles. The van der Waals surface area contributed by atoms with E-state index in [9.17, 15) is 14.3 Å². The molecular weight excluding hydrogens is 451 g/mol. The number of benzene rings is 3. The molecule has 1 amide bonds. The number of nitrogens with one attached hydrogen (secondary N) is 1. The Kier molecular flexibility index (Phi) is 9.23. The lowest BCUT2D eigenvalue weighted by Crippen LogP contribution is -2.31. The second-order valence-electron chi connectivity index (χ2n) is 7.77. The van der Waals surface area contributed by atoms with E-state index >= 15 is 0 Å².